The zero-order valence-electron chi connectivity index (χ0n) is 12.8. The average Bonchev–Trinajstić information content (AvgIpc) is 3.09. The number of aromatic nitrogens is 3. The Balaban J connectivity index is 1.63. The van der Waals surface area contributed by atoms with Crippen molar-refractivity contribution in [1.82, 2.24) is 20.1 Å². The molecule has 1 aliphatic rings. The molecule has 1 fully saturated rings. The van der Waals surface area contributed by atoms with Crippen LogP contribution in [0.5, 0.6) is 0 Å². The van der Waals surface area contributed by atoms with E-state index in [1.54, 1.807) is 11.0 Å². The summed E-state index contributed by atoms with van der Waals surface area (Å²) in [5.74, 6) is -0.674. The van der Waals surface area contributed by atoms with E-state index in [0.29, 0.717) is 12.8 Å². The molecule has 128 valence electrons. The number of carbonyl (C=O) groups is 1. The molecule has 1 aliphatic carbocycles. The van der Waals surface area contributed by atoms with Crippen LogP contribution in [0.15, 0.2) is 36.9 Å². The normalized spacial score (nSPS) is 21.5. The Morgan fingerprint density at radius 2 is 1.88 bits per heavy atom. The molecule has 0 aliphatic heterocycles. The predicted octanol–water partition coefficient (Wildman–Crippen LogP) is 3.21. The third-order valence-electron chi connectivity index (χ3n) is 4.32. The summed E-state index contributed by atoms with van der Waals surface area (Å²) < 4.78 is 40.8. The van der Waals surface area contributed by atoms with Gasteiger partial charge in [-0.15, -0.1) is 0 Å². The first-order valence-corrected chi connectivity index (χ1v) is 7.76. The molecule has 24 heavy (non-hydrogen) atoms. The van der Waals surface area contributed by atoms with Crippen LogP contribution in [0.25, 0.3) is 0 Å². The van der Waals surface area contributed by atoms with Crippen molar-refractivity contribution in [1.29, 1.82) is 0 Å². The number of benzene rings is 1. The zero-order valence-corrected chi connectivity index (χ0v) is 12.8. The van der Waals surface area contributed by atoms with Gasteiger partial charge >= 0.3 is 6.18 Å². The number of carbonyl (C=O) groups excluding carboxylic acids is 1. The number of amides is 1. The molecule has 0 radical (unpaired) electrons. The standard InChI is InChI=1S/C16H17F3N4O/c17-16(18,19)14-4-2-1-3-13(14)15(24)22-11-5-7-12(8-6-11)23-10-20-9-21-23/h1-4,9-12H,5-8H2,(H,22,24). The Hall–Kier alpha value is -2.38. The lowest BCUT2D eigenvalue weighted by Gasteiger charge is -2.29. The van der Waals surface area contributed by atoms with E-state index in [9.17, 15) is 18.0 Å². The Kier molecular flexibility index (Phi) is 4.55. The molecule has 1 aromatic heterocycles. The average molecular weight is 338 g/mol. The number of halogens is 3. The summed E-state index contributed by atoms with van der Waals surface area (Å²) in [6, 6.07) is 4.95. The molecule has 1 saturated carbocycles. The van der Waals surface area contributed by atoms with Crippen molar-refractivity contribution in [2.45, 2.75) is 43.9 Å². The first kappa shape index (κ1) is 16.5. The van der Waals surface area contributed by atoms with E-state index in [-0.39, 0.29) is 17.6 Å². The highest BCUT2D eigenvalue weighted by Crippen LogP contribution is 2.32. The van der Waals surface area contributed by atoms with Gasteiger partial charge in [-0.05, 0) is 37.8 Å². The predicted molar refractivity (Wildman–Crippen MR) is 80.2 cm³/mol. The van der Waals surface area contributed by atoms with Crippen LogP contribution in [-0.2, 0) is 6.18 Å². The molecule has 0 unspecified atom stereocenters. The van der Waals surface area contributed by atoms with Gasteiger partial charge in [-0.3, -0.25) is 4.79 Å². The summed E-state index contributed by atoms with van der Waals surface area (Å²) in [5, 5.41) is 6.83. The number of hydrogen-bond acceptors (Lipinski definition) is 3. The van der Waals surface area contributed by atoms with E-state index < -0.39 is 17.6 Å². The second-order valence-corrected chi connectivity index (χ2v) is 5.90. The van der Waals surface area contributed by atoms with Gasteiger partial charge in [0, 0.05) is 6.04 Å². The minimum absolute atomic E-state index is 0.126. The van der Waals surface area contributed by atoms with Crippen molar-refractivity contribution in [3.05, 3.63) is 48.0 Å². The second-order valence-electron chi connectivity index (χ2n) is 5.90. The third kappa shape index (κ3) is 3.58. The molecule has 0 bridgehead atoms. The Bertz CT molecular complexity index is 692. The molecular formula is C16H17F3N4O. The number of nitrogens with zero attached hydrogens (tertiary/aromatic N) is 3. The lowest BCUT2D eigenvalue weighted by atomic mass is 9.91. The van der Waals surface area contributed by atoms with E-state index in [1.165, 1.54) is 24.5 Å². The van der Waals surface area contributed by atoms with Crippen molar-refractivity contribution in [3.8, 4) is 0 Å². The van der Waals surface area contributed by atoms with Crippen molar-refractivity contribution in [2.75, 3.05) is 0 Å². The number of hydrogen-bond donors (Lipinski definition) is 1. The Morgan fingerprint density at radius 1 is 1.17 bits per heavy atom. The van der Waals surface area contributed by atoms with E-state index in [2.05, 4.69) is 15.4 Å². The van der Waals surface area contributed by atoms with Crippen molar-refractivity contribution < 1.29 is 18.0 Å². The number of alkyl halides is 3. The van der Waals surface area contributed by atoms with Gasteiger partial charge in [-0.1, -0.05) is 12.1 Å². The molecular weight excluding hydrogens is 321 g/mol. The van der Waals surface area contributed by atoms with Gasteiger partial charge in [0.1, 0.15) is 12.7 Å². The van der Waals surface area contributed by atoms with Crippen molar-refractivity contribution in [2.24, 2.45) is 0 Å². The molecule has 0 spiro atoms. The highest BCUT2D eigenvalue weighted by atomic mass is 19.4. The smallest absolute Gasteiger partial charge is 0.349 e. The lowest BCUT2D eigenvalue weighted by molar-refractivity contribution is -0.137. The maximum absolute atomic E-state index is 13.0. The maximum atomic E-state index is 13.0. The van der Waals surface area contributed by atoms with Crippen molar-refractivity contribution >= 4 is 5.91 Å². The highest BCUT2D eigenvalue weighted by molar-refractivity contribution is 5.96. The second kappa shape index (κ2) is 6.62. The van der Waals surface area contributed by atoms with E-state index in [0.717, 1.165) is 18.9 Å². The van der Waals surface area contributed by atoms with Gasteiger partial charge in [0.15, 0.2) is 0 Å². The molecule has 0 atom stereocenters. The van der Waals surface area contributed by atoms with Crippen LogP contribution in [0.1, 0.15) is 47.6 Å². The summed E-state index contributed by atoms with van der Waals surface area (Å²) in [4.78, 5) is 16.2. The molecule has 0 saturated heterocycles. The summed E-state index contributed by atoms with van der Waals surface area (Å²) in [7, 11) is 0. The van der Waals surface area contributed by atoms with Gasteiger partial charge < -0.3 is 5.32 Å². The molecule has 2 aromatic rings. The number of nitrogens with one attached hydrogen (secondary N) is 1. The number of rotatable bonds is 3. The first-order valence-electron chi connectivity index (χ1n) is 7.76. The largest absolute Gasteiger partial charge is 0.417 e. The third-order valence-corrected chi connectivity index (χ3v) is 4.32. The van der Waals surface area contributed by atoms with Crippen LogP contribution in [0.4, 0.5) is 13.2 Å². The fourth-order valence-corrected chi connectivity index (χ4v) is 3.08. The van der Waals surface area contributed by atoms with Crippen LogP contribution in [0, 0.1) is 0 Å². The molecule has 3 rings (SSSR count). The molecule has 1 heterocycles. The van der Waals surface area contributed by atoms with E-state index in [4.69, 9.17) is 0 Å². The van der Waals surface area contributed by atoms with Gasteiger partial charge in [-0.25, -0.2) is 9.67 Å². The van der Waals surface area contributed by atoms with Crippen LogP contribution in [0.3, 0.4) is 0 Å². The zero-order chi connectivity index (χ0) is 17.2. The van der Waals surface area contributed by atoms with Crippen LogP contribution in [-0.4, -0.2) is 26.7 Å². The molecule has 8 heteroatoms. The summed E-state index contributed by atoms with van der Waals surface area (Å²) >= 11 is 0. The maximum Gasteiger partial charge on any atom is 0.417 e. The van der Waals surface area contributed by atoms with Crippen molar-refractivity contribution in [3.63, 3.8) is 0 Å². The van der Waals surface area contributed by atoms with Gasteiger partial charge in [0.05, 0.1) is 17.2 Å². The fourth-order valence-electron chi connectivity index (χ4n) is 3.08. The fraction of sp³-hybridized carbons (Fsp3) is 0.438. The lowest BCUT2D eigenvalue weighted by Crippen LogP contribution is -2.38. The Morgan fingerprint density at radius 3 is 2.50 bits per heavy atom. The summed E-state index contributed by atoms with van der Waals surface area (Å²) in [5.41, 5.74) is -1.23. The van der Waals surface area contributed by atoms with E-state index in [1.807, 2.05) is 0 Å². The Labute approximate surface area is 136 Å². The van der Waals surface area contributed by atoms with E-state index >= 15 is 0 Å². The molecule has 1 amide bonds. The van der Waals surface area contributed by atoms with Gasteiger partial charge in [0.25, 0.3) is 5.91 Å². The van der Waals surface area contributed by atoms with Crippen LogP contribution >= 0.6 is 0 Å². The van der Waals surface area contributed by atoms with Crippen LogP contribution < -0.4 is 5.32 Å². The summed E-state index contributed by atoms with van der Waals surface area (Å²) in [6.45, 7) is 0. The van der Waals surface area contributed by atoms with Gasteiger partial charge in [-0.2, -0.15) is 18.3 Å². The quantitative estimate of drug-likeness (QED) is 0.935. The molecule has 1 N–H and O–H groups in total. The minimum Gasteiger partial charge on any atom is -0.349 e. The van der Waals surface area contributed by atoms with Crippen LogP contribution in [0.2, 0.25) is 0 Å². The summed E-state index contributed by atoms with van der Waals surface area (Å²) in [6.07, 6.45) is 1.59. The highest BCUT2D eigenvalue weighted by Gasteiger charge is 2.35. The monoisotopic (exact) mass is 338 g/mol. The van der Waals surface area contributed by atoms with Gasteiger partial charge in [0.2, 0.25) is 0 Å². The SMILES string of the molecule is O=C(NC1CCC(n2cncn2)CC1)c1ccccc1C(F)(F)F. The first-order chi connectivity index (χ1) is 11.4. The topological polar surface area (TPSA) is 59.8 Å². The minimum atomic E-state index is -4.54. The molecule has 5 nitrogen and oxygen atoms in total. The molecule has 1 aromatic carbocycles.